The first-order chi connectivity index (χ1) is 15.2. The number of hydrogen-bond acceptors (Lipinski definition) is 2. The Morgan fingerprint density at radius 1 is 0.677 bits per heavy atom. The maximum Gasteiger partial charge on any atom is 0.159 e. The van der Waals surface area contributed by atoms with Crippen molar-refractivity contribution in [1.29, 1.82) is 0 Å². The third-order valence-corrected chi connectivity index (χ3v) is 6.16. The molecule has 2 aromatic rings. The van der Waals surface area contributed by atoms with E-state index in [9.17, 15) is 4.39 Å². The van der Waals surface area contributed by atoms with Crippen LogP contribution in [0.3, 0.4) is 0 Å². The van der Waals surface area contributed by atoms with Gasteiger partial charge < -0.3 is 0 Å². The van der Waals surface area contributed by atoms with E-state index in [0.29, 0.717) is 6.42 Å². The predicted molar refractivity (Wildman–Crippen MR) is 131 cm³/mol. The number of halogens is 1. The van der Waals surface area contributed by atoms with Gasteiger partial charge in [-0.05, 0) is 49.7 Å². The van der Waals surface area contributed by atoms with Crippen molar-refractivity contribution in [3.63, 3.8) is 0 Å². The van der Waals surface area contributed by atoms with E-state index in [2.05, 4.69) is 41.2 Å². The third kappa shape index (κ3) is 10.9. The first-order valence-electron chi connectivity index (χ1n) is 12.8. The fourth-order valence-corrected chi connectivity index (χ4v) is 3.99. The van der Waals surface area contributed by atoms with E-state index in [1.807, 2.05) is 19.3 Å². The van der Waals surface area contributed by atoms with Gasteiger partial charge in [0.2, 0.25) is 0 Å². The van der Waals surface area contributed by atoms with E-state index in [1.54, 1.807) is 0 Å². The van der Waals surface area contributed by atoms with Crippen LogP contribution in [0.1, 0.15) is 108 Å². The molecule has 0 saturated carbocycles. The Bertz CT molecular complexity index is 681. The molecule has 0 fully saturated rings. The molecule has 1 heterocycles. The lowest BCUT2D eigenvalue weighted by Gasteiger charge is -2.06. The first-order valence-corrected chi connectivity index (χ1v) is 12.8. The molecule has 1 aromatic heterocycles. The van der Waals surface area contributed by atoms with E-state index in [4.69, 9.17) is 0 Å². The molecular formula is C28H43FN2. The molecule has 0 amide bonds. The lowest BCUT2D eigenvalue weighted by molar-refractivity contribution is 0.296. The minimum absolute atomic E-state index is 0.581. The monoisotopic (exact) mass is 426 g/mol. The van der Waals surface area contributed by atoms with Crippen LogP contribution in [0.4, 0.5) is 4.39 Å². The zero-order valence-corrected chi connectivity index (χ0v) is 19.9. The molecule has 0 radical (unpaired) electrons. The van der Waals surface area contributed by atoms with Crippen LogP contribution in [0.25, 0.3) is 11.4 Å². The summed E-state index contributed by atoms with van der Waals surface area (Å²) in [4.78, 5) is 9.13. The van der Waals surface area contributed by atoms with Gasteiger partial charge in [0.25, 0.3) is 0 Å². The van der Waals surface area contributed by atoms with E-state index in [0.717, 1.165) is 37.1 Å². The van der Waals surface area contributed by atoms with Gasteiger partial charge in [0, 0.05) is 18.0 Å². The van der Waals surface area contributed by atoms with Crippen molar-refractivity contribution in [2.75, 3.05) is 0 Å². The molecule has 0 N–H and O–H groups in total. The second-order valence-electron chi connectivity index (χ2n) is 8.94. The number of aryl methyl sites for hydroxylation is 2. The zero-order valence-electron chi connectivity index (χ0n) is 19.9. The minimum Gasteiger partial charge on any atom is -0.248 e. The van der Waals surface area contributed by atoms with E-state index >= 15 is 0 Å². The molecule has 1 unspecified atom stereocenters. The van der Waals surface area contributed by atoms with Crippen LogP contribution in [0.5, 0.6) is 0 Å². The van der Waals surface area contributed by atoms with E-state index in [-0.39, 0.29) is 0 Å². The lowest BCUT2D eigenvalue weighted by Crippen LogP contribution is -1.96. The molecule has 3 heteroatoms. The smallest absolute Gasteiger partial charge is 0.159 e. The fraction of sp³-hybridized carbons (Fsp3) is 0.643. The molecule has 1 aromatic carbocycles. The van der Waals surface area contributed by atoms with Crippen molar-refractivity contribution >= 4 is 0 Å². The summed E-state index contributed by atoms with van der Waals surface area (Å²) < 4.78 is 13.2. The summed E-state index contributed by atoms with van der Waals surface area (Å²) in [7, 11) is 0. The summed E-state index contributed by atoms with van der Waals surface area (Å²) in [5, 5.41) is 0. The maximum absolute atomic E-state index is 13.2. The van der Waals surface area contributed by atoms with Crippen LogP contribution >= 0.6 is 0 Å². The van der Waals surface area contributed by atoms with Crippen molar-refractivity contribution < 1.29 is 4.39 Å². The SMILES string of the molecule is CCCCCc1cnc(-c2ccc(CCCCCCCCCCC(F)CC)cc2)nc1. The van der Waals surface area contributed by atoms with Crippen LogP contribution in [-0.2, 0) is 12.8 Å². The molecular weight excluding hydrogens is 383 g/mol. The second kappa shape index (κ2) is 15.9. The number of aromatic nitrogens is 2. The van der Waals surface area contributed by atoms with Gasteiger partial charge in [0.1, 0.15) is 0 Å². The molecule has 172 valence electrons. The summed E-state index contributed by atoms with van der Waals surface area (Å²) in [5.41, 5.74) is 3.73. The largest absolute Gasteiger partial charge is 0.248 e. The standard InChI is InChI=1S/C28H43FN2/c1-3-5-12-16-25-22-30-28(31-23-25)26-20-18-24(19-21-26)15-13-10-8-6-7-9-11-14-17-27(29)4-2/h18-23,27H,3-17H2,1-2H3. The van der Waals surface area contributed by atoms with Crippen LogP contribution in [0, 0.1) is 0 Å². The van der Waals surface area contributed by atoms with Gasteiger partial charge in [-0.2, -0.15) is 0 Å². The molecule has 1 atom stereocenters. The highest BCUT2D eigenvalue weighted by atomic mass is 19.1. The lowest BCUT2D eigenvalue weighted by atomic mass is 10.0. The fourth-order valence-electron chi connectivity index (χ4n) is 3.99. The Labute approximate surface area is 190 Å². The molecule has 0 aliphatic rings. The van der Waals surface area contributed by atoms with Crippen molar-refractivity contribution in [3.8, 4) is 11.4 Å². The number of alkyl halides is 1. The van der Waals surface area contributed by atoms with Crippen LogP contribution in [-0.4, -0.2) is 16.1 Å². The number of nitrogens with zero attached hydrogens (tertiary/aromatic N) is 2. The minimum atomic E-state index is -0.581. The molecule has 0 bridgehead atoms. The van der Waals surface area contributed by atoms with E-state index in [1.165, 1.54) is 75.3 Å². The maximum atomic E-state index is 13.2. The molecule has 2 nitrogen and oxygen atoms in total. The normalized spacial score (nSPS) is 12.2. The van der Waals surface area contributed by atoms with Crippen LogP contribution < -0.4 is 0 Å². The van der Waals surface area contributed by atoms with Crippen LogP contribution in [0.2, 0.25) is 0 Å². The van der Waals surface area contributed by atoms with Gasteiger partial charge in [-0.15, -0.1) is 0 Å². The molecule has 0 saturated heterocycles. The van der Waals surface area contributed by atoms with Crippen LogP contribution in [0.15, 0.2) is 36.7 Å². The van der Waals surface area contributed by atoms with Gasteiger partial charge in [-0.1, -0.05) is 95.9 Å². The van der Waals surface area contributed by atoms with Gasteiger partial charge in [0.05, 0.1) is 6.17 Å². The second-order valence-corrected chi connectivity index (χ2v) is 8.94. The van der Waals surface area contributed by atoms with Gasteiger partial charge in [-0.3, -0.25) is 0 Å². The summed E-state index contributed by atoms with van der Waals surface area (Å²) in [6, 6.07) is 8.76. The highest BCUT2D eigenvalue weighted by Gasteiger charge is 2.03. The van der Waals surface area contributed by atoms with Gasteiger partial charge in [0.15, 0.2) is 5.82 Å². The predicted octanol–water partition coefficient (Wildman–Crippen LogP) is 8.68. The molecule has 31 heavy (non-hydrogen) atoms. The van der Waals surface area contributed by atoms with Gasteiger partial charge >= 0.3 is 0 Å². The summed E-state index contributed by atoms with van der Waals surface area (Å²) in [6.07, 6.45) is 20.8. The topological polar surface area (TPSA) is 25.8 Å². The Morgan fingerprint density at radius 3 is 1.84 bits per heavy atom. The average Bonchev–Trinajstić information content (AvgIpc) is 2.81. The van der Waals surface area contributed by atoms with Crippen molar-refractivity contribution in [1.82, 2.24) is 9.97 Å². The Balaban J connectivity index is 1.57. The highest BCUT2D eigenvalue weighted by molar-refractivity contribution is 5.55. The molecule has 0 spiro atoms. The Kier molecular flexibility index (Phi) is 13.1. The molecule has 0 aliphatic carbocycles. The quantitative estimate of drug-likeness (QED) is 0.236. The highest BCUT2D eigenvalue weighted by Crippen LogP contribution is 2.18. The number of hydrogen-bond donors (Lipinski definition) is 0. The van der Waals surface area contributed by atoms with Crippen molar-refractivity contribution in [3.05, 3.63) is 47.8 Å². The van der Waals surface area contributed by atoms with Crippen molar-refractivity contribution in [2.24, 2.45) is 0 Å². The summed E-state index contributed by atoms with van der Waals surface area (Å²) >= 11 is 0. The number of benzene rings is 1. The number of unbranched alkanes of at least 4 members (excludes halogenated alkanes) is 9. The number of rotatable bonds is 17. The van der Waals surface area contributed by atoms with E-state index < -0.39 is 6.17 Å². The first kappa shape index (κ1) is 25.5. The summed E-state index contributed by atoms with van der Waals surface area (Å²) in [5.74, 6) is 0.822. The summed E-state index contributed by atoms with van der Waals surface area (Å²) in [6.45, 7) is 4.16. The Morgan fingerprint density at radius 2 is 1.23 bits per heavy atom. The molecule has 2 rings (SSSR count). The van der Waals surface area contributed by atoms with Crippen molar-refractivity contribution in [2.45, 2.75) is 116 Å². The average molecular weight is 427 g/mol. The Hall–Kier alpha value is -1.77. The zero-order chi connectivity index (χ0) is 22.2. The molecule has 0 aliphatic heterocycles. The van der Waals surface area contributed by atoms with Gasteiger partial charge in [-0.25, -0.2) is 14.4 Å². The third-order valence-electron chi connectivity index (χ3n) is 6.16.